The highest BCUT2D eigenvalue weighted by molar-refractivity contribution is 4.80. The highest BCUT2D eigenvalue weighted by atomic mass is 15.5. The van der Waals surface area contributed by atoms with Crippen LogP contribution in [0, 0.1) is 0 Å². The van der Waals surface area contributed by atoms with Crippen LogP contribution in [-0.2, 0) is 13.1 Å². The van der Waals surface area contributed by atoms with E-state index in [2.05, 4.69) is 41.6 Å². The quantitative estimate of drug-likeness (QED) is 0.597. The van der Waals surface area contributed by atoms with Crippen LogP contribution in [0.4, 0.5) is 0 Å². The molecule has 5 nitrogen and oxygen atoms in total. The molecular weight excluding hydrogens is 250 g/mol. The molecule has 1 N–H and O–H groups in total. The van der Waals surface area contributed by atoms with Crippen molar-refractivity contribution >= 4 is 0 Å². The molecule has 0 aromatic carbocycles. The predicted octanol–water partition coefficient (Wildman–Crippen LogP) is 3.31. The molecule has 0 saturated heterocycles. The van der Waals surface area contributed by atoms with Crippen molar-refractivity contribution in [2.24, 2.45) is 0 Å². The second-order valence-electron chi connectivity index (χ2n) is 5.83. The first kappa shape index (κ1) is 17.1. The number of hydrogen-bond acceptors (Lipinski definition) is 4. The Morgan fingerprint density at radius 2 is 1.65 bits per heavy atom. The van der Waals surface area contributed by atoms with Crippen LogP contribution in [0.1, 0.15) is 78.0 Å². The smallest absolute Gasteiger partial charge is 0.165 e. The van der Waals surface area contributed by atoms with Gasteiger partial charge in [-0.3, -0.25) is 0 Å². The zero-order chi connectivity index (χ0) is 14.6. The molecule has 1 rings (SSSR count). The van der Waals surface area contributed by atoms with Gasteiger partial charge in [0.1, 0.15) is 0 Å². The number of aromatic nitrogens is 4. The van der Waals surface area contributed by atoms with Crippen LogP contribution in [0.2, 0.25) is 0 Å². The fraction of sp³-hybridized carbons (Fsp3) is 0.933. The molecule has 20 heavy (non-hydrogen) atoms. The SMILES string of the molecule is CCCCCCCCCCn1nnnc1CNC(C)C. The summed E-state index contributed by atoms with van der Waals surface area (Å²) in [6.45, 7) is 8.22. The molecule has 5 heteroatoms. The summed E-state index contributed by atoms with van der Waals surface area (Å²) in [6, 6.07) is 0.461. The van der Waals surface area contributed by atoms with E-state index in [1.54, 1.807) is 0 Å². The average Bonchev–Trinajstić information content (AvgIpc) is 2.87. The monoisotopic (exact) mass is 281 g/mol. The highest BCUT2D eigenvalue weighted by Gasteiger charge is 2.05. The second-order valence-corrected chi connectivity index (χ2v) is 5.83. The lowest BCUT2D eigenvalue weighted by Crippen LogP contribution is -2.24. The first-order valence-corrected chi connectivity index (χ1v) is 8.22. The van der Waals surface area contributed by atoms with Crippen molar-refractivity contribution in [1.82, 2.24) is 25.5 Å². The van der Waals surface area contributed by atoms with Gasteiger partial charge in [-0.05, 0) is 16.8 Å². The van der Waals surface area contributed by atoms with Gasteiger partial charge in [0.25, 0.3) is 0 Å². The number of tetrazole rings is 1. The first-order chi connectivity index (χ1) is 9.74. The van der Waals surface area contributed by atoms with Gasteiger partial charge in [0.15, 0.2) is 5.82 Å². The molecule has 0 spiro atoms. The Kier molecular flexibility index (Phi) is 9.20. The summed E-state index contributed by atoms with van der Waals surface area (Å²) in [5.41, 5.74) is 0. The van der Waals surface area contributed by atoms with Crippen molar-refractivity contribution in [3.8, 4) is 0 Å². The summed E-state index contributed by atoms with van der Waals surface area (Å²) < 4.78 is 1.94. The lowest BCUT2D eigenvalue weighted by atomic mass is 10.1. The number of unbranched alkanes of at least 4 members (excludes halogenated alkanes) is 7. The Bertz CT molecular complexity index is 335. The fourth-order valence-electron chi connectivity index (χ4n) is 2.21. The van der Waals surface area contributed by atoms with Gasteiger partial charge in [0.2, 0.25) is 0 Å². The number of nitrogens with one attached hydrogen (secondary N) is 1. The van der Waals surface area contributed by atoms with Gasteiger partial charge < -0.3 is 5.32 Å². The predicted molar refractivity (Wildman–Crippen MR) is 82.4 cm³/mol. The van der Waals surface area contributed by atoms with Crippen LogP contribution >= 0.6 is 0 Å². The third-order valence-electron chi connectivity index (χ3n) is 3.50. The Balaban J connectivity index is 2.08. The second kappa shape index (κ2) is 10.8. The Morgan fingerprint density at radius 1 is 1.00 bits per heavy atom. The van der Waals surface area contributed by atoms with E-state index in [9.17, 15) is 0 Å². The van der Waals surface area contributed by atoms with E-state index in [0.717, 1.165) is 18.9 Å². The van der Waals surface area contributed by atoms with E-state index in [1.165, 1.54) is 51.4 Å². The Labute approximate surface area is 123 Å². The molecule has 0 aliphatic carbocycles. The summed E-state index contributed by atoms with van der Waals surface area (Å²) >= 11 is 0. The molecule has 0 saturated carbocycles. The van der Waals surface area contributed by atoms with E-state index in [4.69, 9.17) is 0 Å². The molecule has 0 bridgehead atoms. The molecule has 1 aromatic heterocycles. The molecule has 1 heterocycles. The van der Waals surface area contributed by atoms with Gasteiger partial charge in [-0.1, -0.05) is 65.7 Å². The number of hydrogen-bond donors (Lipinski definition) is 1. The van der Waals surface area contributed by atoms with Gasteiger partial charge in [0, 0.05) is 12.6 Å². The minimum Gasteiger partial charge on any atom is -0.308 e. The van der Waals surface area contributed by atoms with E-state index < -0.39 is 0 Å². The van der Waals surface area contributed by atoms with Crippen molar-refractivity contribution in [2.75, 3.05) is 0 Å². The maximum absolute atomic E-state index is 4.08. The van der Waals surface area contributed by atoms with Crippen LogP contribution in [0.5, 0.6) is 0 Å². The van der Waals surface area contributed by atoms with Gasteiger partial charge >= 0.3 is 0 Å². The summed E-state index contributed by atoms with van der Waals surface area (Å²) in [7, 11) is 0. The fourth-order valence-corrected chi connectivity index (χ4v) is 2.21. The van der Waals surface area contributed by atoms with E-state index in [-0.39, 0.29) is 0 Å². The van der Waals surface area contributed by atoms with Crippen molar-refractivity contribution in [2.45, 2.75) is 91.3 Å². The minimum atomic E-state index is 0.461. The third-order valence-corrected chi connectivity index (χ3v) is 3.50. The maximum atomic E-state index is 4.08. The van der Waals surface area contributed by atoms with E-state index in [0.29, 0.717) is 6.04 Å². The van der Waals surface area contributed by atoms with E-state index >= 15 is 0 Å². The molecule has 0 radical (unpaired) electrons. The van der Waals surface area contributed by atoms with Crippen molar-refractivity contribution in [3.05, 3.63) is 5.82 Å². The summed E-state index contributed by atoms with van der Waals surface area (Å²) in [5, 5.41) is 15.3. The van der Waals surface area contributed by atoms with Crippen molar-refractivity contribution in [1.29, 1.82) is 0 Å². The van der Waals surface area contributed by atoms with Gasteiger partial charge in [-0.2, -0.15) is 0 Å². The molecule has 0 amide bonds. The van der Waals surface area contributed by atoms with Crippen LogP contribution in [-0.4, -0.2) is 26.2 Å². The van der Waals surface area contributed by atoms with Crippen LogP contribution in [0.25, 0.3) is 0 Å². The zero-order valence-electron chi connectivity index (χ0n) is 13.4. The number of aryl methyl sites for hydroxylation is 1. The topological polar surface area (TPSA) is 55.6 Å². The van der Waals surface area contributed by atoms with Crippen molar-refractivity contribution < 1.29 is 0 Å². The molecule has 0 aliphatic rings. The Morgan fingerprint density at radius 3 is 2.30 bits per heavy atom. The highest BCUT2D eigenvalue weighted by Crippen LogP contribution is 2.09. The molecule has 116 valence electrons. The average molecular weight is 281 g/mol. The van der Waals surface area contributed by atoms with E-state index in [1.807, 2.05) is 4.68 Å². The standard InChI is InChI=1S/C15H31N5/c1-4-5-6-7-8-9-10-11-12-20-15(17-18-19-20)13-16-14(2)3/h14,16H,4-13H2,1-3H3. The van der Waals surface area contributed by atoms with Gasteiger partial charge in [-0.15, -0.1) is 5.10 Å². The molecular formula is C15H31N5. The maximum Gasteiger partial charge on any atom is 0.165 e. The van der Waals surface area contributed by atoms with Crippen molar-refractivity contribution in [3.63, 3.8) is 0 Å². The van der Waals surface area contributed by atoms with Crippen LogP contribution < -0.4 is 5.32 Å². The summed E-state index contributed by atoms with van der Waals surface area (Å²) in [6.07, 6.45) is 10.7. The largest absolute Gasteiger partial charge is 0.308 e. The molecule has 0 unspecified atom stereocenters. The normalized spacial score (nSPS) is 11.4. The minimum absolute atomic E-state index is 0.461. The number of rotatable bonds is 12. The van der Waals surface area contributed by atoms with Gasteiger partial charge in [-0.25, -0.2) is 4.68 Å². The molecule has 1 aromatic rings. The summed E-state index contributed by atoms with van der Waals surface area (Å²) in [4.78, 5) is 0. The molecule has 0 fully saturated rings. The third kappa shape index (κ3) is 7.58. The lowest BCUT2D eigenvalue weighted by molar-refractivity contribution is 0.481. The zero-order valence-corrected chi connectivity index (χ0v) is 13.4. The summed E-state index contributed by atoms with van der Waals surface area (Å²) in [5.74, 6) is 0.946. The van der Waals surface area contributed by atoms with Crippen LogP contribution in [0.15, 0.2) is 0 Å². The lowest BCUT2D eigenvalue weighted by Gasteiger charge is -2.08. The van der Waals surface area contributed by atoms with Gasteiger partial charge in [0.05, 0.1) is 6.54 Å². The number of nitrogens with zero attached hydrogens (tertiary/aromatic N) is 4. The molecule has 0 aliphatic heterocycles. The molecule has 0 atom stereocenters. The Hall–Kier alpha value is -0.970. The first-order valence-electron chi connectivity index (χ1n) is 8.22. The van der Waals surface area contributed by atoms with Crippen LogP contribution in [0.3, 0.4) is 0 Å².